The molecule has 0 aliphatic heterocycles. The van der Waals surface area contributed by atoms with Gasteiger partial charge in [0.2, 0.25) is 0 Å². The number of hydrogen-bond donors (Lipinski definition) is 1. The van der Waals surface area contributed by atoms with Gasteiger partial charge in [-0.3, -0.25) is 4.90 Å². The van der Waals surface area contributed by atoms with E-state index in [1.54, 1.807) is 0 Å². The zero-order valence-electron chi connectivity index (χ0n) is 11.5. The Morgan fingerprint density at radius 2 is 1.59 bits per heavy atom. The Morgan fingerprint density at radius 1 is 1.00 bits per heavy atom. The van der Waals surface area contributed by atoms with E-state index in [0.717, 1.165) is 13.1 Å². The fourth-order valence-electron chi connectivity index (χ4n) is 2.22. The van der Waals surface area contributed by atoms with Gasteiger partial charge in [-0.1, -0.05) is 38.1 Å². The number of nitrogens with zero attached hydrogens (tertiary/aromatic N) is 1. The summed E-state index contributed by atoms with van der Waals surface area (Å²) in [6, 6.07) is 8.75. The van der Waals surface area contributed by atoms with Gasteiger partial charge in [0, 0.05) is 13.1 Å². The fourth-order valence-corrected chi connectivity index (χ4v) is 2.22. The van der Waals surface area contributed by atoms with Crippen LogP contribution in [0.25, 0.3) is 0 Å². The molecular formula is C15H26N2. The van der Waals surface area contributed by atoms with Gasteiger partial charge in [-0.25, -0.2) is 0 Å². The fraction of sp³-hybridized carbons (Fsp3) is 0.600. The highest BCUT2D eigenvalue weighted by molar-refractivity contribution is 5.26. The highest BCUT2D eigenvalue weighted by Crippen LogP contribution is 2.12. The van der Waals surface area contributed by atoms with Gasteiger partial charge in [0.05, 0.1) is 0 Å². The van der Waals surface area contributed by atoms with Crippen molar-refractivity contribution in [1.29, 1.82) is 0 Å². The molecule has 0 heterocycles. The summed E-state index contributed by atoms with van der Waals surface area (Å²) >= 11 is 0. The quantitative estimate of drug-likeness (QED) is 0.744. The van der Waals surface area contributed by atoms with Crippen LogP contribution < -0.4 is 5.32 Å². The van der Waals surface area contributed by atoms with E-state index in [-0.39, 0.29) is 0 Å². The van der Waals surface area contributed by atoms with Crippen molar-refractivity contribution in [2.24, 2.45) is 0 Å². The Bertz CT molecular complexity index is 304. The highest BCUT2D eigenvalue weighted by Gasteiger charge is 2.06. The van der Waals surface area contributed by atoms with Crippen LogP contribution in [-0.4, -0.2) is 25.0 Å². The van der Waals surface area contributed by atoms with Crippen LogP contribution in [0.5, 0.6) is 0 Å². The molecule has 0 unspecified atom stereocenters. The van der Waals surface area contributed by atoms with Gasteiger partial charge in [0.15, 0.2) is 0 Å². The van der Waals surface area contributed by atoms with E-state index in [2.05, 4.69) is 48.3 Å². The van der Waals surface area contributed by atoms with E-state index in [1.807, 2.05) is 7.05 Å². The van der Waals surface area contributed by atoms with Crippen LogP contribution in [0.1, 0.15) is 37.8 Å². The first-order valence-electron chi connectivity index (χ1n) is 6.75. The standard InChI is InChI=1S/C15H26N2/c1-4-10-17(11-5-2)13-15-9-7-6-8-14(15)12-16-3/h6-9,16H,4-5,10-13H2,1-3H3. The summed E-state index contributed by atoms with van der Waals surface area (Å²) < 4.78 is 0. The van der Waals surface area contributed by atoms with Crippen LogP contribution >= 0.6 is 0 Å². The van der Waals surface area contributed by atoms with Crippen molar-refractivity contribution in [2.45, 2.75) is 39.8 Å². The lowest BCUT2D eigenvalue weighted by Gasteiger charge is -2.22. The Balaban J connectivity index is 2.69. The van der Waals surface area contributed by atoms with Crippen molar-refractivity contribution >= 4 is 0 Å². The molecule has 1 aromatic carbocycles. The van der Waals surface area contributed by atoms with Crippen molar-refractivity contribution in [1.82, 2.24) is 10.2 Å². The minimum absolute atomic E-state index is 0.961. The summed E-state index contributed by atoms with van der Waals surface area (Å²) in [6.07, 6.45) is 2.46. The molecule has 0 saturated carbocycles. The van der Waals surface area contributed by atoms with Crippen LogP contribution in [0.4, 0.5) is 0 Å². The number of rotatable bonds is 8. The molecule has 2 nitrogen and oxygen atoms in total. The molecule has 96 valence electrons. The first kappa shape index (κ1) is 14.2. The molecule has 0 radical (unpaired) electrons. The van der Waals surface area contributed by atoms with Crippen molar-refractivity contribution in [3.63, 3.8) is 0 Å². The van der Waals surface area contributed by atoms with E-state index in [9.17, 15) is 0 Å². The van der Waals surface area contributed by atoms with Crippen LogP contribution in [0.15, 0.2) is 24.3 Å². The molecule has 0 spiro atoms. The molecule has 1 N–H and O–H groups in total. The summed E-state index contributed by atoms with van der Waals surface area (Å²) in [5.41, 5.74) is 2.89. The average molecular weight is 234 g/mol. The van der Waals surface area contributed by atoms with E-state index >= 15 is 0 Å². The third-order valence-corrected chi connectivity index (χ3v) is 2.96. The predicted octanol–water partition coefficient (Wildman–Crippen LogP) is 3.03. The van der Waals surface area contributed by atoms with Crippen LogP contribution in [0.2, 0.25) is 0 Å². The maximum Gasteiger partial charge on any atom is 0.0236 e. The normalized spacial score (nSPS) is 11.1. The smallest absolute Gasteiger partial charge is 0.0236 e. The van der Waals surface area contributed by atoms with Gasteiger partial charge in [-0.2, -0.15) is 0 Å². The molecular weight excluding hydrogens is 208 g/mol. The first-order chi connectivity index (χ1) is 8.31. The summed E-state index contributed by atoms with van der Waals surface area (Å²) in [4.78, 5) is 2.55. The highest BCUT2D eigenvalue weighted by atomic mass is 15.1. The second-order valence-corrected chi connectivity index (χ2v) is 4.58. The summed E-state index contributed by atoms with van der Waals surface area (Å²) in [7, 11) is 2.01. The van der Waals surface area contributed by atoms with E-state index in [4.69, 9.17) is 0 Å². The molecule has 1 aromatic rings. The number of nitrogens with one attached hydrogen (secondary N) is 1. The number of hydrogen-bond acceptors (Lipinski definition) is 2. The van der Waals surface area contributed by atoms with Gasteiger partial charge < -0.3 is 5.32 Å². The largest absolute Gasteiger partial charge is 0.316 e. The molecule has 17 heavy (non-hydrogen) atoms. The van der Waals surface area contributed by atoms with Gasteiger partial charge in [0.1, 0.15) is 0 Å². The number of benzene rings is 1. The second kappa shape index (κ2) is 8.26. The zero-order valence-corrected chi connectivity index (χ0v) is 11.5. The Kier molecular flexibility index (Phi) is 6.90. The first-order valence-corrected chi connectivity index (χ1v) is 6.75. The monoisotopic (exact) mass is 234 g/mol. The van der Waals surface area contributed by atoms with Crippen LogP contribution in [0.3, 0.4) is 0 Å². The molecule has 0 aromatic heterocycles. The van der Waals surface area contributed by atoms with Gasteiger partial charge >= 0.3 is 0 Å². The van der Waals surface area contributed by atoms with Gasteiger partial charge in [-0.15, -0.1) is 0 Å². The molecule has 1 rings (SSSR count). The molecule has 0 saturated heterocycles. The Hall–Kier alpha value is -0.860. The van der Waals surface area contributed by atoms with Gasteiger partial charge in [-0.05, 0) is 44.1 Å². The lowest BCUT2D eigenvalue weighted by Crippen LogP contribution is -2.25. The van der Waals surface area contributed by atoms with Crippen molar-refractivity contribution in [3.05, 3.63) is 35.4 Å². The summed E-state index contributed by atoms with van der Waals surface area (Å²) in [5, 5.41) is 3.24. The topological polar surface area (TPSA) is 15.3 Å². The third kappa shape index (κ3) is 4.88. The van der Waals surface area contributed by atoms with Crippen molar-refractivity contribution in [2.75, 3.05) is 20.1 Å². The minimum atomic E-state index is 0.961. The maximum atomic E-state index is 3.24. The summed E-state index contributed by atoms with van der Waals surface area (Å²) in [6.45, 7) is 8.94. The Labute approximate surface area is 106 Å². The molecule has 0 bridgehead atoms. The van der Waals surface area contributed by atoms with Crippen LogP contribution in [-0.2, 0) is 13.1 Å². The third-order valence-electron chi connectivity index (χ3n) is 2.96. The predicted molar refractivity (Wildman–Crippen MR) is 75.1 cm³/mol. The van der Waals surface area contributed by atoms with E-state index < -0.39 is 0 Å². The second-order valence-electron chi connectivity index (χ2n) is 4.58. The molecule has 0 aliphatic rings. The summed E-state index contributed by atoms with van der Waals surface area (Å²) in [5.74, 6) is 0. The average Bonchev–Trinajstić information content (AvgIpc) is 2.33. The maximum absolute atomic E-state index is 3.24. The molecule has 0 aliphatic carbocycles. The molecule has 0 atom stereocenters. The minimum Gasteiger partial charge on any atom is -0.316 e. The zero-order chi connectivity index (χ0) is 12.5. The molecule has 0 fully saturated rings. The lowest BCUT2D eigenvalue weighted by atomic mass is 10.1. The van der Waals surface area contributed by atoms with E-state index in [0.29, 0.717) is 0 Å². The van der Waals surface area contributed by atoms with E-state index in [1.165, 1.54) is 37.1 Å². The van der Waals surface area contributed by atoms with Crippen molar-refractivity contribution in [3.8, 4) is 0 Å². The lowest BCUT2D eigenvalue weighted by molar-refractivity contribution is 0.265. The molecule has 2 heteroatoms. The van der Waals surface area contributed by atoms with Gasteiger partial charge in [0.25, 0.3) is 0 Å². The van der Waals surface area contributed by atoms with Crippen molar-refractivity contribution < 1.29 is 0 Å². The molecule has 0 amide bonds. The Morgan fingerprint density at radius 3 is 2.12 bits per heavy atom. The SMILES string of the molecule is CCCN(CCC)Cc1ccccc1CNC. The van der Waals surface area contributed by atoms with Crippen LogP contribution in [0, 0.1) is 0 Å².